The number of rotatable bonds is 24. The van der Waals surface area contributed by atoms with Crippen LogP contribution in [-0.4, -0.2) is 109 Å². The third-order valence-electron chi connectivity index (χ3n) is 12.5. The summed E-state index contributed by atoms with van der Waals surface area (Å²) < 4.78 is 12.0. The SMILES string of the molecule is CC[C@@H](C)[C@H]([C@H](CC(=O)N1CCC[C@@H]1[C@@H](OC)[C@H](C)C(=O)C[C@H](Cc1ccc([Si](C)(C)O)cc1)C(=O)O)OC)N(C)C(=O)[C@H](CC(=O)[C@H](CC)C(C)C)C(C)C. The van der Waals surface area contributed by atoms with E-state index in [1.807, 2.05) is 78.9 Å². The van der Waals surface area contributed by atoms with Crippen LogP contribution in [0.5, 0.6) is 0 Å². The summed E-state index contributed by atoms with van der Waals surface area (Å²) in [7, 11) is 2.34. The molecule has 0 bridgehead atoms. The van der Waals surface area contributed by atoms with Crippen LogP contribution in [0.25, 0.3) is 0 Å². The van der Waals surface area contributed by atoms with Gasteiger partial charge in [-0.3, -0.25) is 24.0 Å². The number of carbonyl (C=O) groups excluding carboxylic acids is 4. The summed E-state index contributed by atoms with van der Waals surface area (Å²) in [6.07, 6.45) is 1.76. The number of hydrogen-bond acceptors (Lipinski definition) is 8. The Morgan fingerprint density at radius 2 is 1.45 bits per heavy atom. The topological polar surface area (TPSA) is 151 Å². The Kier molecular flexibility index (Phi) is 19.6. The molecule has 0 aliphatic carbocycles. The maximum Gasteiger partial charge on any atom is 0.307 e. The van der Waals surface area contributed by atoms with E-state index in [-0.39, 0.29) is 72.7 Å². The molecule has 0 aromatic heterocycles. The molecule has 1 fully saturated rings. The third-order valence-corrected chi connectivity index (χ3v) is 14.2. The second-order valence-electron chi connectivity index (χ2n) is 17.5. The summed E-state index contributed by atoms with van der Waals surface area (Å²) in [5, 5.41) is 10.9. The van der Waals surface area contributed by atoms with Gasteiger partial charge < -0.3 is 29.2 Å². The van der Waals surface area contributed by atoms with Gasteiger partial charge in [-0.2, -0.15) is 0 Å². The van der Waals surface area contributed by atoms with E-state index >= 15 is 0 Å². The fourth-order valence-electron chi connectivity index (χ4n) is 8.66. The second-order valence-corrected chi connectivity index (χ2v) is 21.2. The first kappa shape index (κ1) is 49.2. The van der Waals surface area contributed by atoms with Gasteiger partial charge in [-0.25, -0.2) is 0 Å². The van der Waals surface area contributed by atoms with Gasteiger partial charge in [0.2, 0.25) is 20.1 Å². The Morgan fingerprint density at radius 3 is 1.91 bits per heavy atom. The molecule has 1 aromatic rings. The smallest absolute Gasteiger partial charge is 0.307 e. The second kappa shape index (κ2) is 22.3. The number of carboxylic acid groups (broad SMARTS) is 1. The summed E-state index contributed by atoms with van der Waals surface area (Å²) in [4.78, 5) is 81.8. The molecule has 318 valence electrons. The van der Waals surface area contributed by atoms with Gasteiger partial charge in [0.15, 0.2) is 0 Å². The maximum atomic E-state index is 14.2. The van der Waals surface area contributed by atoms with E-state index < -0.39 is 56.3 Å². The predicted octanol–water partition coefficient (Wildman–Crippen LogP) is 6.13. The molecule has 1 aliphatic heterocycles. The van der Waals surface area contributed by atoms with Gasteiger partial charge in [0.25, 0.3) is 0 Å². The molecular weight excluding hydrogens is 729 g/mol. The van der Waals surface area contributed by atoms with Crippen LogP contribution < -0.4 is 5.19 Å². The Hall–Kier alpha value is -2.93. The normalized spacial score (nSPS) is 19.2. The number of carboxylic acids is 1. The highest BCUT2D eigenvalue weighted by Gasteiger charge is 2.43. The van der Waals surface area contributed by atoms with E-state index in [1.165, 1.54) is 7.11 Å². The molecule has 1 heterocycles. The molecule has 0 spiro atoms. The largest absolute Gasteiger partial charge is 0.481 e. The Morgan fingerprint density at radius 1 is 0.857 bits per heavy atom. The van der Waals surface area contributed by atoms with Crippen LogP contribution in [0.1, 0.15) is 106 Å². The number of nitrogens with zero attached hydrogens (tertiary/aromatic N) is 2. The van der Waals surface area contributed by atoms with E-state index in [0.717, 1.165) is 30.0 Å². The standard InChI is InChI=1S/C44H74N2O9Si/c1-14-29(7)41(45(9)43(50)35(28(5)6)25-38(48)34(15-2)27(3)4)39(54-10)26-40(49)46-22-16-17-36(46)42(55-11)30(8)37(47)24-32(44(51)52)23-31-18-20-33(21-19-31)56(12,13)53/h18-21,27-30,32,34-36,39,41-42,53H,14-17,22-26H2,1-13H3,(H,51,52)/t29-,30-,32+,34-,35-,36-,39+,41-,42+/m1/s1. The van der Waals surface area contributed by atoms with E-state index in [2.05, 4.69) is 6.92 Å². The average molecular weight is 803 g/mol. The molecule has 9 atom stereocenters. The van der Waals surface area contributed by atoms with Gasteiger partial charge in [0.1, 0.15) is 11.6 Å². The number of ether oxygens (including phenoxy) is 2. The van der Waals surface area contributed by atoms with Gasteiger partial charge in [-0.1, -0.05) is 86.1 Å². The Balaban J connectivity index is 2.26. The molecule has 1 aromatic carbocycles. The Bertz CT molecular complexity index is 1440. The molecule has 2 rings (SSSR count). The van der Waals surface area contributed by atoms with Crippen LogP contribution in [-0.2, 0) is 39.9 Å². The van der Waals surface area contributed by atoms with E-state index in [0.29, 0.717) is 13.0 Å². The zero-order valence-corrected chi connectivity index (χ0v) is 37.7. The van der Waals surface area contributed by atoms with Crippen molar-refractivity contribution in [2.75, 3.05) is 27.8 Å². The molecule has 1 aliphatic rings. The number of likely N-dealkylation sites (tertiary alicyclic amines) is 1. The number of hydrogen-bond donors (Lipinski definition) is 2. The zero-order chi connectivity index (χ0) is 42.7. The summed E-state index contributed by atoms with van der Waals surface area (Å²) in [5.74, 6) is -3.55. The van der Waals surface area contributed by atoms with Gasteiger partial charge in [0.05, 0.1) is 36.6 Å². The first-order valence-corrected chi connectivity index (χ1v) is 23.8. The minimum Gasteiger partial charge on any atom is -0.481 e. The van der Waals surface area contributed by atoms with Crippen molar-refractivity contribution >= 4 is 42.9 Å². The van der Waals surface area contributed by atoms with Crippen molar-refractivity contribution in [1.29, 1.82) is 0 Å². The number of likely N-dealkylation sites (N-methyl/N-ethyl adjacent to an activating group) is 1. The van der Waals surface area contributed by atoms with Crippen molar-refractivity contribution in [3.05, 3.63) is 29.8 Å². The molecule has 56 heavy (non-hydrogen) atoms. The summed E-state index contributed by atoms with van der Waals surface area (Å²) in [6, 6.07) is 6.47. The summed E-state index contributed by atoms with van der Waals surface area (Å²) in [6.45, 7) is 20.0. The number of ketones is 2. The number of aliphatic carboxylic acids is 1. The van der Waals surface area contributed by atoms with E-state index in [4.69, 9.17) is 9.47 Å². The fraction of sp³-hybridized carbons (Fsp3) is 0.750. The Labute approximate surface area is 338 Å². The molecule has 2 amide bonds. The molecule has 0 saturated carbocycles. The monoisotopic (exact) mass is 803 g/mol. The molecule has 0 unspecified atom stereocenters. The lowest BCUT2D eigenvalue weighted by Gasteiger charge is -2.41. The lowest BCUT2D eigenvalue weighted by atomic mass is 9.80. The molecule has 11 nitrogen and oxygen atoms in total. The average Bonchev–Trinajstić information content (AvgIpc) is 3.62. The van der Waals surface area contributed by atoms with Crippen LogP contribution in [0.15, 0.2) is 24.3 Å². The van der Waals surface area contributed by atoms with Crippen molar-refractivity contribution in [3.8, 4) is 0 Å². The minimum absolute atomic E-state index is 0.00787. The molecule has 2 N–H and O–H groups in total. The number of Topliss-reactive ketones (excluding diaryl/α,β-unsaturated/α-hetero) is 2. The lowest BCUT2D eigenvalue weighted by Crippen LogP contribution is -2.54. The first-order chi connectivity index (χ1) is 26.1. The number of amides is 2. The van der Waals surface area contributed by atoms with E-state index in [1.54, 1.807) is 30.9 Å². The van der Waals surface area contributed by atoms with Gasteiger partial charge in [0, 0.05) is 58.4 Å². The molecular formula is C44H74N2O9Si. The van der Waals surface area contributed by atoms with Crippen LogP contribution in [0.2, 0.25) is 13.1 Å². The van der Waals surface area contributed by atoms with Crippen molar-refractivity contribution in [2.24, 2.45) is 41.4 Å². The maximum absolute atomic E-state index is 14.2. The van der Waals surface area contributed by atoms with Gasteiger partial charge >= 0.3 is 5.97 Å². The number of methoxy groups -OCH3 is 2. The van der Waals surface area contributed by atoms with Crippen molar-refractivity contribution in [1.82, 2.24) is 9.80 Å². The number of carbonyl (C=O) groups is 5. The third kappa shape index (κ3) is 13.0. The predicted molar refractivity (Wildman–Crippen MR) is 223 cm³/mol. The summed E-state index contributed by atoms with van der Waals surface area (Å²) in [5.41, 5.74) is 0.774. The van der Waals surface area contributed by atoms with Crippen molar-refractivity contribution in [2.45, 2.75) is 144 Å². The van der Waals surface area contributed by atoms with Crippen molar-refractivity contribution < 1.29 is 43.3 Å². The molecule has 0 radical (unpaired) electrons. The fourth-order valence-corrected chi connectivity index (χ4v) is 9.64. The van der Waals surface area contributed by atoms with Crippen LogP contribution >= 0.6 is 0 Å². The highest BCUT2D eigenvalue weighted by Crippen LogP contribution is 2.32. The summed E-state index contributed by atoms with van der Waals surface area (Å²) >= 11 is 0. The zero-order valence-electron chi connectivity index (χ0n) is 36.7. The highest BCUT2D eigenvalue weighted by molar-refractivity contribution is 6.83. The van der Waals surface area contributed by atoms with Gasteiger partial charge in [-0.15, -0.1) is 0 Å². The number of benzene rings is 1. The minimum atomic E-state index is -2.50. The molecule has 12 heteroatoms. The highest BCUT2D eigenvalue weighted by atomic mass is 28.4. The van der Waals surface area contributed by atoms with Crippen LogP contribution in [0.4, 0.5) is 0 Å². The van der Waals surface area contributed by atoms with Crippen molar-refractivity contribution in [3.63, 3.8) is 0 Å². The molecule has 1 saturated heterocycles. The first-order valence-electron chi connectivity index (χ1n) is 20.9. The lowest BCUT2D eigenvalue weighted by molar-refractivity contribution is -0.149. The van der Waals surface area contributed by atoms with E-state index in [9.17, 15) is 33.9 Å². The van der Waals surface area contributed by atoms with Gasteiger partial charge in [-0.05, 0) is 67.3 Å². The van der Waals surface area contributed by atoms with Crippen LogP contribution in [0.3, 0.4) is 0 Å². The van der Waals surface area contributed by atoms with Crippen LogP contribution in [0, 0.1) is 41.4 Å². The quantitative estimate of drug-likeness (QED) is 0.118.